The maximum atomic E-state index is 13.3. The van der Waals surface area contributed by atoms with Crippen LogP contribution in [-0.4, -0.2) is 11.0 Å². The summed E-state index contributed by atoms with van der Waals surface area (Å²) in [4.78, 5) is 11.6. The number of amides is 1. The molecule has 92 valence electrons. The Morgan fingerprint density at radius 1 is 1.47 bits per heavy atom. The lowest BCUT2D eigenvalue weighted by atomic mass is 9.82. The summed E-state index contributed by atoms with van der Waals surface area (Å²) < 4.78 is 13.3. The zero-order valence-corrected chi connectivity index (χ0v) is 9.58. The van der Waals surface area contributed by atoms with Gasteiger partial charge in [-0.15, -0.1) is 0 Å². The summed E-state index contributed by atoms with van der Waals surface area (Å²) in [5, 5.41) is 11.6. The number of carbonyl (C=O) groups excluding carboxylic acids is 1. The van der Waals surface area contributed by atoms with Crippen molar-refractivity contribution >= 4 is 11.6 Å². The molecule has 1 aliphatic carbocycles. The maximum Gasteiger partial charge on any atom is 0.224 e. The molecule has 1 fully saturated rings. The number of benzene rings is 1. The van der Waals surface area contributed by atoms with Crippen LogP contribution in [0.2, 0.25) is 0 Å². The third-order valence-electron chi connectivity index (χ3n) is 3.23. The molecule has 1 aliphatic rings. The van der Waals surface area contributed by atoms with Crippen LogP contribution in [0.1, 0.15) is 32.1 Å². The van der Waals surface area contributed by atoms with E-state index in [0.717, 1.165) is 12.5 Å². The van der Waals surface area contributed by atoms with Crippen LogP contribution in [-0.2, 0) is 4.79 Å². The van der Waals surface area contributed by atoms with Gasteiger partial charge in [-0.3, -0.25) is 4.79 Å². The Labute approximate surface area is 99.7 Å². The Balaban J connectivity index is 1.84. The number of rotatable bonds is 4. The van der Waals surface area contributed by atoms with Gasteiger partial charge in [-0.25, -0.2) is 4.39 Å². The number of aromatic hydroxyl groups is 1. The normalized spacial score (nSPS) is 15.4. The van der Waals surface area contributed by atoms with Gasteiger partial charge in [0, 0.05) is 12.5 Å². The predicted octanol–water partition coefficient (Wildman–Crippen LogP) is 3.05. The van der Waals surface area contributed by atoms with Crippen LogP contribution in [0.15, 0.2) is 18.2 Å². The molecule has 1 amide bonds. The van der Waals surface area contributed by atoms with Crippen molar-refractivity contribution in [1.82, 2.24) is 0 Å². The lowest BCUT2D eigenvalue weighted by molar-refractivity contribution is -0.116. The molecule has 2 rings (SSSR count). The lowest BCUT2D eigenvalue weighted by Crippen LogP contribution is -2.17. The van der Waals surface area contributed by atoms with Gasteiger partial charge in [-0.1, -0.05) is 19.3 Å². The standard InChI is InChI=1S/C13H16FNO2/c14-11-8-10(16)5-6-12(11)15-13(17)7-4-9-2-1-3-9/h5-6,8-9,16H,1-4,7H2,(H,15,17). The van der Waals surface area contributed by atoms with Gasteiger partial charge in [0.1, 0.15) is 11.6 Å². The fourth-order valence-corrected chi connectivity index (χ4v) is 1.93. The molecule has 17 heavy (non-hydrogen) atoms. The van der Waals surface area contributed by atoms with Crippen molar-refractivity contribution in [2.24, 2.45) is 5.92 Å². The third-order valence-corrected chi connectivity index (χ3v) is 3.23. The Kier molecular flexibility index (Phi) is 3.61. The molecule has 1 aromatic rings. The van der Waals surface area contributed by atoms with E-state index in [1.54, 1.807) is 0 Å². The summed E-state index contributed by atoms with van der Waals surface area (Å²) in [6.07, 6.45) is 5.00. The fraction of sp³-hybridized carbons (Fsp3) is 0.462. The second-order valence-electron chi connectivity index (χ2n) is 4.55. The van der Waals surface area contributed by atoms with E-state index >= 15 is 0 Å². The van der Waals surface area contributed by atoms with Crippen LogP contribution >= 0.6 is 0 Å². The molecular weight excluding hydrogens is 221 g/mol. The Hall–Kier alpha value is -1.58. The third kappa shape index (κ3) is 3.19. The molecule has 4 heteroatoms. The molecule has 0 atom stereocenters. The van der Waals surface area contributed by atoms with E-state index in [1.807, 2.05) is 0 Å². The van der Waals surface area contributed by atoms with E-state index in [0.29, 0.717) is 12.3 Å². The van der Waals surface area contributed by atoms with Gasteiger partial charge in [-0.05, 0) is 24.5 Å². The molecule has 0 bridgehead atoms. The minimum atomic E-state index is -0.609. The van der Waals surface area contributed by atoms with E-state index in [-0.39, 0.29) is 17.3 Å². The Morgan fingerprint density at radius 2 is 2.24 bits per heavy atom. The summed E-state index contributed by atoms with van der Waals surface area (Å²) in [7, 11) is 0. The summed E-state index contributed by atoms with van der Waals surface area (Å²) in [5.41, 5.74) is 0.126. The van der Waals surface area contributed by atoms with Crippen LogP contribution in [0.4, 0.5) is 10.1 Å². The van der Waals surface area contributed by atoms with Gasteiger partial charge in [0.2, 0.25) is 5.91 Å². The highest BCUT2D eigenvalue weighted by Gasteiger charge is 2.18. The summed E-state index contributed by atoms with van der Waals surface area (Å²) >= 11 is 0. The average molecular weight is 237 g/mol. The smallest absolute Gasteiger partial charge is 0.224 e. The highest BCUT2D eigenvalue weighted by molar-refractivity contribution is 5.90. The van der Waals surface area contributed by atoms with E-state index in [1.165, 1.54) is 31.4 Å². The van der Waals surface area contributed by atoms with Crippen molar-refractivity contribution in [2.45, 2.75) is 32.1 Å². The highest BCUT2D eigenvalue weighted by Crippen LogP contribution is 2.30. The van der Waals surface area contributed by atoms with Crippen molar-refractivity contribution in [2.75, 3.05) is 5.32 Å². The molecule has 0 aliphatic heterocycles. The van der Waals surface area contributed by atoms with Crippen molar-refractivity contribution < 1.29 is 14.3 Å². The number of carbonyl (C=O) groups is 1. The second-order valence-corrected chi connectivity index (χ2v) is 4.55. The van der Waals surface area contributed by atoms with Gasteiger partial charge in [0.15, 0.2) is 0 Å². The molecule has 0 unspecified atom stereocenters. The van der Waals surface area contributed by atoms with E-state index in [9.17, 15) is 9.18 Å². The van der Waals surface area contributed by atoms with Gasteiger partial charge >= 0.3 is 0 Å². The second kappa shape index (κ2) is 5.17. The zero-order valence-electron chi connectivity index (χ0n) is 9.58. The SMILES string of the molecule is O=C(CCC1CCC1)Nc1ccc(O)cc1F. The number of nitrogens with one attached hydrogen (secondary N) is 1. The molecular formula is C13H16FNO2. The molecule has 1 aromatic carbocycles. The largest absolute Gasteiger partial charge is 0.508 e. The number of hydrogen-bond acceptors (Lipinski definition) is 2. The molecule has 0 saturated heterocycles. The number of phenolic OH excluding ortho intramolecular Hbond substituents is 1. The van der Waals surface area contributed by atoms with Crippen molar-refractivity contribution in [3.63, 3.8) is 0 Å². The monoisotopic (exact) mass is 237 g/mol. The average Bonchev–Trinajstić information content (AvgIpc) is 2.20. The summed E-state index contributed by atoms with van der Waals surface area (Å²) in [6.45, 7) is 0. The zero-order chi connectivity index (χ0) is 12.3. The summed E-state index contributed by atoms with van der Waals surface area (Å²) in [5.74, 6) is -0.246. The summed E-state index contributed by atoms with van der Waals surface area (Å²) in [6, 6.07) is 3.71. The highest BCUT2D eigenvalue weighted by atomic mass is 19.1. The molecule has 0 radical (unpaired) electrons. The fourth-order valence-electron chi connectivity index (χ4n) is 1.93. The van der Waals surface area contributed by atoms with Gasteiger partial charge < -0.3 is 10.4 Å². The van der Waals surface area contributed by atoms with Crippen LogP contribution < -0.4 is 5.32 Å². The minimum absolute atomic E-state index is 0.126. The number of phenols is 1. The first-order chi connectivity index (χ1) is 8.15. The number of hydrogen-bond donors (Lipinski definition) is 2. The number of halogens is 1. The quantitative estimate of drug-likeness (QED) is 0.791. The molecule has 0 heterocycles. The molecule has 1 saturated carbocycles. The first-order valence-electron chi connectivity index (χ1n) is 5.93. The van der Waals surface area contributed by atoms with Gasteiger partial charge in [0.25, 0.3) is 0 Å². The van der Waals surface area contributed by atoms with Crippen LogP contribution in [0.5, 0.6) is 5.75 Å². The predicted molar refractivity (Wildman–Crippen MR) is 63.3 cm³/mol. The minimum Gasteiger partial charge on any atom is -0.508 e. The molecule has 2 N–H and O–H groups in total. The van der Waals surface area contributed by atoms with Crippen molar-refractivity contribution in [3.05, 3.63) is 24.0 Å². The van der Waals surface area contributed by atoms with Crippen LogP contribution in [0, 0.1) is 11.7 Å². The molecule has 0 spiro atoms. The Morgan fingerprint density at radius 3 is 2.82 bits per heavy atom. The number of anilines is 1. The lowest BCUT2D eigenvalue weighted by Gasteiger charge is -2.24. The first-order valence-corrected chi connectivity index (χ1v) is 5.93. The topological polar surface area (TPSA) is 49.3 Å². The van der Waals surface area contributed by atoms with Crippen LogP contribution in [0.3, 0.4) is 0 Å². The maximum absolute atomic E-state index is 13.3. The van der Waals surface area contributed by atoms with E-state index in [2.05, 4.69) is 5.32 Å². The van der Waals surface area contributed by atoms with Crippen molar-refractivity contribution in [1.29, 1.82) is 0 Å². The van der Waals surface area contributed by atoms with Gasteiger partial charge in [-0.2, -0.15) is 0 Å². The first kappa shape index (κ1) is 11.9. The van der Waals surface area contributed by atoms with E-state index < -0.39 is 5.82 Å². The van der Waals surface area contributed by atoms with E-state index in [4.69, 9.17) is 5.11 Å². The van der Waals surface area contributed by atoms with Gasteiger partial charge in [0.05, 0.1) is 5.69 Å². The van der Waals surface area contributed by atoms with Crippen LogP contribution in [0.25, 0.3) is 0 Å². The molecule has 0 aromatic heterocycles. The van der Waals surface area contributed by atoms with Crippen molar-refractivity contribution in [3.8, 4) is 5.75 Å². The Bertz CT molecular complexity index is 416. The molecule has 3 nitrogen and oxygen atoms in total.